The van der Waals surface area contributed by atoms with Crippen molar-refractivity contribution in [3.05, 3.63) is 34.3 Å². The fourth-order valence-electron chi connectivity index (χ4n) is 1.34. The molecule has 1 N–H and O–H groups in total. The third-order valence-electron chi connectivity index (χ3n) is 2.32. The van der Waals surface area contributed by atoms with Gasteiger partial charge in [-0.1, -0.05) is 34.1 Å². The van der Waals surface area contributed by atoms with Crippen LogP contribution in [0.4, 0.5) is 0 Å². The van der Waals surface area contributed by atoms with Gasteiger partial charge < -0.3 is 5.32 Å². The lowest BCUT2D eigenvalue weighted by atomic mass is 10.1. The average molecular weight is 267 g/mol. The van der Waals surface area contributed by atoms with Gasteiger partial charge in [0.15, 0.2) is 0 Å². The first-order valence-electron chi connectivity index (χ1n) is 5.02. The van der Waals surface area contributed by atoms with E-state index in [2.05, 4.69) is 40.3 Å². The Labute approximate surface area is 99.4 Å². The van der Waals surface area contributed by atoms with Crippen LogP contribution in [0.3, 0.4) is 0 Å². The van der Waals surface area contributed by atoms with Crippen LogP contribution in [0.1, 0.15) is 25.5 Å². The lowest BCUT2D eigenvalue weighted by Gasteiger charge is -2.16. The predicted molar refractivity (Wildman–Crippen MR) is 65.3 cm³/mol. The molecule has 0 fully saturated rings. The first-order chi connectivity index (χ1) is 7.15. The van der Waals surface area contributed by atoms with Gasteiger partial charge in [-0.3, -0.25) is 0 Å². The molecule has 0 saturated carbocycles. The molecule has 1 aromatic carbocycles. The number of benzene rings is 1. The quantitative estimate of drug-likeness (QED) is 0.908. The molecule has 80 valence electrons. The lowest BCUT2D eigenvalue weighted by Crippen LogP contribution is -2.24. The van der Waals surface area contributed by atoms with E-state index >= 15 is 0 Å². The van der Waals surface area contributed by atoms with E-state index in [1.54, 1.807) is 0 Å². The van der Waals surface area contributed by atoms with Crippen molar-refractivity contribution >= 4 is 15.9 Å². The fourth-order valence-corrected chi connectivity index (χ4v) is 1.96. The number of hydrogen-bond acceptors (Lipinski definition) is 2. The van der Waals surface area contributed by atoms with Gasteiger partial charge in [0.1, 0.15) is 0 Å². The summed E-state index contributed by atoms with van der Waals surface area (Å²) in [5.74, 6) is 0.0509. The van der Waals surface area contributed by atoms with E-state index in [0.29, 0.717) is 0 Å². The summed E-state index contributed by atoms with van der Waals surface area (Å²) < 4.78 is 1.11. The number of nitriles is 1. The Balaban J connectivity index is 2.58. The maximum Gasteiger partial charge on any atom is 0.0666 e. The maximum absolute atomic E-state index is 8.67. The molecule has 0 aromatic heterocycles. The van der Waals surface area contributed by atoms with Crippen LogP contribution in [0.15, 0.2) is 28.7 Å². The number of nitrogens with one attached hydrogen (secondary N) is 1. The maximum atomic E-state index is 8.67. The fraction of sp³-hybridized carbons (Fsp3) is 0.417. The Bertz CT molecular complexity index is 357. The number of rotatable bonds is 4. The zero-order valence-corrected chi connectivity index (χ0v) is 10.6. The van der Waals surface area contributed by atoms with Crippen LogP contribution in [0.5, 0.6) is 0 Å². The van der Waals surface area contributed by atoms with E-state index in [4.69, 9.17) is 5.26 Å². The third-order valence-corrected chi connectivity index (χ3v) is 3.04. The molecule has 2 nitrogen and oxygen atoms in total. The normalized spacial score (nSPS) is 14.3. The van der Waals surface area contributed by atoms with Crippen molar-refractivity contribution < 1.29 is 0 Å². The van der Waals surface area contributed by atoms with Crippen LogP contribution >= 0.6 is 15.9 Å². The summed E-state index contributed by atoms with van der Waals surface area (Å²) in [6.07, 6.45) is 0. The Morgan fingerprint density at radius 3 is 2.67 bits per heavy atom. The second-order valence-electron chi connectivity index (χ2n) is 3.68. The van der Waals surface area contributed by atoms with Crippen LogP contribution in [-0.4, -0.2) is 6.54 Å². The number of hydrogen-bond donors (Lipinski definition) is 1. The molecule has 0 saturated heterocycles. The molecule has 3 heteroatoms. The minimum atomic E-state index is 0.0509. The molecule has 0 radical (unpaired) electrons. The largest absolute Gasteiger partial charge is 0.309 e. The number of halogens is 1. The standard InChI is InChI=1S/C12H15BrN2/c1-9(7-14)8-15-10(2)11-5-3-4-6-12(11)13/h3-6,9-10,15H,8H2,1-2H3/t9?,10-/m1/s1. The molecule has 1 rings (SSSR count). The SMILES string of the molecule is CC(C#N)CN[C@H](C)c1ccccc1Br. The molecule has 1 aromatic rings. The first-order valence-corrected chi connectivity index (χ1v) is 5.82. The highest BCUT2D eigenvalue weighted by molar-refractivity contribution is 9.10. The molecule has 0 spiro atoms. The molecule has 0 heterocycles. The van der Waals surface area contributed by atoms with Crippen molar-refractivity contribution in [2.45, 2.75) is 19.9 Å². The summed E-state index contributed by atoms with van der Waals surface area (Å²) in [5, 5.41) is 12.0. The molecule has 0 aliphatic rings. The van der Waals surface area contributed by atoms with Gasteiger partial charge in [0.05, 0.1) is 12.0 Å². The molecule has 0 bridgehead atoms. The van der Waals surface area contributed by atoms with Crippen molar-refractivity contribution in [2.75, 3.05) is 6.54 Å². The number of nitrogens with zero attached hydrogens (tertiary/aromatic N) is 1. The minimum Gasteiger partial charge on any atom is -0.309 e. The minimum absolute atomic E-state index is 0.0509. The monoisotopic (exact) mass is 266 g/mol. The molecule has 1 unspecified atom stereocenters. The van der Waals surface area contributed by atoms with Crippen LogP contribution in [0.2, 0.25) is 0 Å². The van der Waals surface area contributed by atoms with Crippen LogP contribution in [0, 0.1) is 17.2 Å². The van der Waals surface area contributed by atoms with Gasteiger partial charge >= 0.3 is 0 Å². The Kier molecular flexibility index (Phi) is 4.80. The lowest BCUT2D eigenvalue weighted by molar-refractivity contribution is 0.526. The first kappa shape index (κ1) is 12.2. The smallest absolute Gasteiger partial charge is 0.0666 e. The third kappa shape index (κ3) is 3.65. The summed E-state index contributed by atoms with van der Waals surface area (Å²) in [6.45, 7) is 4.74. The zero-order chi connectivity index (χ0) is 11.3. The van der Waals surface area contributed by atoms with Crippen LogP contribution < -0.4 is 5.32 Å². The van der Waals surface area contributed by atoms with Crippen molar-refractivity contribution in [1.29, 1.82) is 5.26 Å². The van der Waals surface area contributed by atoms with Crippen molar-refractivity contribution in [3.63, 3.8) is 0 Å². The molecule has 15 heavy (non-hydrogen) atoms. The van der Waals surface area contributed by atoms with Crippen molar-refractivity contribution in [1.82, 2.24) is 5.32 Å². The highest BCUT2D eigenvalue weighted by Crippen LogP contribution is 2.22. The second-order valence-corrected chi connectivity index (χ2v) is 4.54. The Morgan fingerprint density at radius 1 is 1.40 bits per heavy atom. The van der Waals surface area contributed by atoms with E-state index in [9.17, 15) is 0 Å². The molecular formula is C12H15BrN2. The van der Waals surface area contributed by atoms with Crippen molar-refractivity contribution in [3.8, 4) is 6.07 Å². The highest BCUT2D eigenvalue weighted by Gasteiger charge is 2.09. The molecule has 0 amide bonds. The van der Waals surface area contributed by atoms with Gasteiger partial charge in [0, 0.05) is 17.1 Å². The van der Waals surface area contributed by atoms with Gasteiger partial charge in [0.25, 0.3) is 0 Å². The Morgan fingerprint density at radius 2 is 2.07 bits per heavy atom. The average Bonchev–Trinajstić information content (AvgIpc) is 2.26. The summed E-state index contributed by atoms with van der Waals surface area (Å²) in [4.78, 5) is 0. The summed E-state index contributed by atoms with van der Waals surface area (Å²) in [5.41, 5.74) is 1.22. The predicted octanol–water partition coefficient (Wildman–Crippen LogP) is 3.26. The summed E-state index contributed by atoms with van der Waals surface area (Å²) in [7, 11) is 0. The van der Waals surface area contributed by atoms with E-state index in [1.807, 2.05) is 25.1 Å². The Hall–Kier alpha value is -0.850. The van der Waals surface area contributed by atoms with E-state index < -0.39 is 0 Å². The molecule has 0 aliphatic heterocycles. The van der Waals surface area contributed by atoms with Crippen LogP contribution in [0.25, 0.3) is 0 Å². The van der Waals surface area contributed by atoms with E-state index in [1.165, 1.54) is 5.56 Å². The van der Waals surface area contributed by atoms with Crippen LogP contribution in [-0.2, 0) is 0 Å². The van der Waals surface area contributed by atoms with Gasteiger partial charge in [-0.05, 0) is 25.5 Å². The van der Waals surface area contributed by atoms with Gasteiger partial charge in [0.2, 0.25) is 0 Å². The highest BCUT2D eigenvalue weighted by atomic mass is 79.9. The summed E-state index contributed by atoms with van der Waals surface area (Å²) >= 11 is 3.52. The zero-order valence-electron chi connectivity index (χ0n) is 9.00. The second kappa shape index (κ2) is 5.89. The van der Waals surface area contributed by atoms with E-state index in [0.717, 1.165) is 11.0 Å². The van der Waals surface area contributed by atoms with Crippen molar-refractivity contribution in [2.24, 2.45) is 5.92 Å². The molecule has 2 atom stereocenters. The molecular weight excluding hydrogens is 252 g/mol. The van der Waals surface area contributed by atoms with Gasteiger partial charge in [-0.2, -0.15) is 5.26 Å². The molecule has 0 aliphatic carbocycles. The summed E-state index contributed by atoms with van der Waals surface area (Å²) in [6, 6.07) is 10.6. The van der Waals surface area contributed by atoms with E-state index in [-0.39, 0.29) is 12.0 Å². The van der Waals surface area contributed by atoms with Gasteiger partial charge in [-0.25, -0.2) is 0 Å². The topological polar surface area (TPSA) is 35.8 Å². The van der Waals surface area contributed by atoms with Gasteiger partial charge in [-0.15, -0.1) is 0 Å².